The summed E-state index contributed by atoms with van der Waals surface area (Å²) >= 11 is 0.863. The quantitative estimate of drug-likeness (QED) is 0.378. The number of benzene rings is 2. The number of esters is 1. The van der Waals surface area contributed by atoms with Gasteiger partial charge in [-0.1, -0.05) is 18.2 Å². The number of thioether (sulfide) groups is 1. The Morgan fingerprint density at radius 1 is 1.09 bits per heavy atom. The molecule has 8 nitrogen and oxygen atoms in total. The van der Waals surface area contributed by atoms with E-state index in [1.54, 1.807) is 31.2 Å². The van der Waals surface area contributed by atoms with Crippen LogP contribution < -0.4 is 14.2 Å². The van der Waals surface area contributed by atoms with Gasteiger partial charge < -0.3 is 18.9 Å². The van der Waals surface area contributed by atoms with Crippen LogP contribution in [0.2, 0.25) is 0 Å². The van der Waals surface area contributed by atoms with E-state index in [0.717, 1.165) is 22.2 Å². The Morgan fingerprint density at radius 3 is 2.64 bits per heavy atom. The van der Waals surface area contributed by atoms with Crippen LogP contribution >= 0.6 is 11.8 Å². The Balaban J connectivity index is 1.66. The van der Waals surface area contributed by atoms with Crippen molar-refractivity contribution in [2.75, 3.05) is 33.5 Å². The highest BCUT2D eigenvalue weighted by Gasteiger charge is 2.34. The Bertz CT molecular complexity index is 1070. The number of imide groups is 1. The molecule has 0 aromatic heterocycles. The van der Waals surface area contributed by atoms with Crippen molar-refractivity contribution in [3.05, 3.63) is 58.5 Å². The molecular weight excluding hydrogens is 446 g/mol. The van der Waals surface area contributed by atoms with Gasteiger partial charge in [-0.25, -0.2) is 4.79 Å². The summed E-state index contributed by atoms with van der Waals surface area (Å²) in [6, 6.07) is 12.6. The third kappa shape index (κ3) is 6.52. The van der Waals surface area contributed by atoms with Crippen molar-refractivity contribution in [1.82, 2.24) is 4.90 Å². The molecule has 0 atom stereocenters. The Labute approximate surface area is 196 Å². The summed E-state index contributed by atoms with van der Waals surface area (Å²) in [6.07, 6.45) is 1.60. The first-order chi connectivity index (χ1) is 15.9. The molecule has 1 heterocycles. The van der Waals surface area contributed by atoms with E-state index < -0.39 is 5.97 Å². The molecule has 0 unspecified atom stereocenters. The van der Waals surface area contributed by atoms with Gasteiger partial charge in [0.2, 0.25) is 0 Å². The Morgan fingerprint density at radius 2 is 1.91 bits per heavy atom. The van der Waals surface area contributed by atoms with E-state index in [4.69, 9.17) is 18.9 Å². The van der Waals surface area contributed by atoms with Gasteiger partial charge in [0.1, 0.15) is 12.4 Å². The smallest absolute Gasteiger partial charge is 0.344 e. The molecule has 1 aliphatic heterocycles. The number of amides is 2. The molecule has 1 fully saturated rings. The second-order valence-electron chi connectivity index (χ2n) is 7.00. The first-order valence-electron chi connectivity index (χ1n) is 10.3. The average molecular weight is 472 g/mol. The molecule has 2 amide bonds. The summed E-state index contributed by atoms with van der Waals surface area (Å²) < 4.78 is 21.3. The zero-order valence-electron chi connectivity index (χ0n) is 18.7. The van der Waals surface area contributed by atoms with E-state index in [2.05, 4.69) is 0 Å². The fourth-order valence-corrected chi connectivity index (χ4v) is 3.90. The average Bonchev–Trinajstić information content (AvgIpc) is 3.05. The number of rotatable bonds is 10. The lowest BCUT2D eigenvalue weighted by molar-refractivity contribution is -0.145. The summed E-state index contributed by atoms with van der Waals surface area (Å²) in [6.45, 7) is 3.99. The van der Waals surface area contributed by atoms with Crippen LogP contribution in [-0.2, 0) is 14.3 Å². The largest absolute Gasteiger partial charge is 0.493 e. The molecule has 1 aliphatic rings. The van der Waals surface area contributed by atoms with Crippen molar-refractivity contribution in [3.63, 3.8) is 0 Å². The van der Waals surface area contributed by atoms with Crippen molar-refractivity contribution in [2.24, 2.45) is 0 Å². The fourth-order valence-electron chi connectivity index (χ4n) is 3.04. The second-order valence-corrected chi connectivity index (χ2v) is 8.00. The lowest BCUT2D eigenvalue weighted by Crippen LogP contribution is -2.32. The van der Waals surface area contributed by atoms with Gasteiger partial charge in [0.25, 0.3) is 11.1 Å². The molecule has 0 bridgehead atoms. The minimum absolute atomic E-state index is 0.145. The van der Waals surface area contributed by atoms with Gasteiger partial charge in [0, 0.05) is 0 Å². The number of hydrogen-bond acceptors (Lipinski definition) is 8. The zero-order valence-corrected chi connectivity index (χ0v) is 19.5. The molecule has 0 spiro atoms. The molecule has 2 aromatic rings. The molecular formula is C24H25NO7S. The minimum atomic E-state index is -0.501. The number of aryl methyl sites for hydroxylation is 1. The summed E-state index contributed by atoms with van der Waals surface area (Å²) in [7, 11) is 1.48. The normalized spacial score (nSPS) is 14.5. The van der Waals surface area contributed by atoms with E-state index >= 15 is 0 Å². The van der Waals surface area contributed by atoms with Crippen molar-refractivity contribution < 1.29 is 33.3 Å². The molecule has 3 rings (SSSR count). The van der Waals surface area contributed by atoms with Gasteiger partial charge >= 0.3 is 5.97 Å². The van der Waals surface area contributed by atoms with E-state index in [-0.39, 0.29) is 42.4 Å². The topological polar surface area (TPSA) is 91.4 Å². The highest BCUT2D eigenvalue weighted by atomic mass is 32.2. The standard InChI is InChI=1S/C24H25NO7S/c1-4-30-22(26)15-32-20-13-17(8-9-19(20)29-3)14-21-23(27)25(24(28)33-21)10-11-31-18-7-5-6-16(2)12-18/h5-9,12-14H,4,10-11,15H2,1-3H3/b21-14-. The van der Waals surface area contributed by atoms with Gasteiger partial charge in [-0.2, -0.15) is 0 Å². The van der Waals surface area contributed by atoms with Crippen molar-refractivity contribution in [1.29, 1.82) is 0 Å². The predicted molar refractivity (Wildman–Crippen MR) is 124 cm³/mol. The summed E-state index contributed by atoms with van der Waals surface area (Å²) in [4.78, 5) is 38.2. The predicted octanol–water partition coefficient (Wildman–Crippen LogP) is 4.06. The maximum Gasteiger partial charge on any atom is 0.344 e. The summed E-state index contributed by atoms with van der Waals surface area (Å²) in [5, 5.41) is -0.355. The van der Waals surface area contributed by atoms with Crippen LogP contribution in [0.1, 0.15) is 18.1 Å². The van der Waals surface area contributed by atoms with Gasteiger partial charge in [0.05, 0.1) is 25.2 Å². The monoisotopic (exact) mass is 471 g/mol. The molecule has 33 heavy (non-hydrogen) atoms. The number of carbonyl (C=O) groups excluding carboxylic acids is 3. The van der Waals surface area contributed by atoms with Crippen LogP contribution in [0, 0.1) is 6.92 Å². The zero-order chi connectivity index (χ0) is 23.8. The molecule has 174 valence electrons. The Kier molecular flexibility index (Phi) is 8.37. The van der Waals surface area contributed by atoms with Gasteiger partial charge in [-0.05, 0) is 67.1 Å². The van der Waals surface area contributed by atoms with Crippen LogP contribution in [0.5, 0.6) is 17.2 Å². The summed E-state index contributed by atoms with van der Waals surface area (Å²) in [5.74, 6) is 0.552. The van der Waals surface area contributed by atoms with Gasteiger partial charge in [-0.15, -0.1) is 0 Å². The lowest BCUT2D eigenvalue weighted by atomic mass is 10.2. The fraction of sp³-hybridized carbons (Fsp3) is 0.292. The molecule has 2 aromatic carbocycles. The van der Waals surface area contributed by atoms with E-state index in [9.17, 15) is 14.4 Å². The highest BCUT2D eigenvalue weighted by molar-refractivity contribution is 8.18. The first-order valence-corrected chi connectivity index (χ1v) is 11.1. The van der Waals surface area contributed by atoms with E-state index in [1.807, 2.05) is 31.2 Å². The van der Waals surface area contributed by atoms with Crippen molar-refractivity contribution in [2.45, 2.75) is 13.8 Å². The van der Waals surface area contributed by atoms with Crippen LogP contribution in [0.15, 0.2) is 47.4 Å². The lowest BCUT2D eigenvalue weighted by Gasteiger charge is -2.13. The number of ether oxygens (including phenoxy) is 4. The van der Waals surface area contributed by atoms with Crippen LogP contribution in [0.25, 0.3) is 6.08 Å². The van der Waals surface area contributed by atoms with Crippen LogP contribution in [-0.4, -0.2) is 55.5 Å². The van der Waals surface area contributed by atoms with Crippen LogP contribution in [0.4, 0.5) is 4.79 Å². The van der Waals surface area contributed by atoms with E-state index in [1.165, 1.54) is 7.11 Å². The minimum Gasteiger partial charge on any atom is -0.493 e. The van der Waals surface area contributed by atoms with E-state index in [0.29, 0.717) is 22.8 Å². The van der Waals surface area contributed by atoms with Crippen LogP contribution in [0.3, 0.4) is 0 Å². The molecule has 0 saturated carbocycles. The number of methoxy groups -OCH3 is 1. The molecule has 0 N–H and O–H groups in total. The maximum atomic E-state index is 12.8. The third-order valence-electron chi connectivity index (χ3n) is 4.58. The number of hydrogen-bond donors (Lipinski definition) is 0. The number of carbonyl (C=O) groups is 3. The SMILES string of the molecule is CCOC(=O)COc1cc(/C=C2\SC(=O)N(CCOc3cccc(C)c3)C2=O)ccc1OC. The number of nitrogens with zero attached hydrogens (tertiary/aromatic N) is 1. The van der Waals surface area contributed by atoms with Crippen molar-refractivity contribution in [3.8, 4) is 17.2 Å². The maximum absolute atomic E-state index is 12.8. The molecule has 0 aliphatic carbocycles. The first kappa shape index (κ1) is 24.2. The molecule has 0 radical (unpaired) electrons. The highest BCUT2D eigenvalue weighted by Crippen LogP contribution is 2.34. The van der Waals surface area contributed by atoms with Crippen molar-refractivity contribution >= 4 is 35.0 Å². The molecule has 1 saturated heterocycles. The third-order valence-corrected chi connectivity index (χ3v) is 5.49. The van der Waals surface area contributed by atoms with Gasteiger partial charge in [0.15, 0.2) is 18.1 Å². The second kappa shape index (κ2) is 11.4. The molecule has 9 heteroatoms. The summed E-state index contributed by atoms with van der Waals surface area (Å²) in [5.41, 5.74) is 1.68. The van der Waals surface area contributed by atoms with Gasteiger partial charge in [-0.3, -0.25) is 14.5 Å². The Hall–Kier alpha value is -3.46.